The van der Waals surface area contributed by atoms with Gasteiger partial charge in [-0.1, -0.05) is 36.4 Å². The van der Waals surface area contributed by atoms with Crippen molar-refractivity contribution in [3.63, 3.8) is 0 Å². The highest BCUT2D eigenvalue weighted by Crippen LogP contribution is 2.19. The van der Waals surface area contributed by atoms with Crippen LogP contribution in [0, 0.1) is 0 Å². The Morgan fingerprint density at radius 2 is 1.84 bits per heavy atom. The summed E-state index contributed by atoms with van der Waals surface area (Å²) in [6.45, 7) is 2.45. The van der Waals surface area contributed by atoms with Crippen LogP contribution in [0.15, 0.2) is 54.6 Å². The molecule has 1 saturated heterocycles. The second-order valence-electron chi connectivity index (χ2n) is 6.20. The Balaban J connectivity index is 0.00000225. The number of benzene rings is 2. The second-order valence-corrected chi connectivity index (χ2v) is 6.20. The fraction of sp³-hybridized carbons (Fsp3) is 0.350. The Kier molecular flexibility index (Phi) is 7.29. The third-order valence-corrected chi connectivity index (χ3v) is 4.51. The first kappa shape index (κ1) is 19.3. The Morgan fingerprint density at radius 3 is 2.56 bits per heavy atom. The molecule has 0 radical (unpaired) electrons. The smallest absolute Gasteiger partial charge is 0.253 e. The molecular weight excluding hydrogens is 336 g/mol. The molecule has 0 saturated carbocycles. The van der Waals surface area contributed by atoms with Crippen LogP contribution < -0.4 is 10.1 Å². The largest absolute Gasteiger partial charge is 0.489 e. The summed E-state index contributed by atoms with van der Waals surface area (Å²) in [7, 11) is 1.90. The van der Waals surface area contributed by atoms with Gasteiger partial charge in [0.25, 0.3) is 5.91 Å². The van der Waals surface area contributed by atoms with Gasteiger partial charge in [-0.2, -0.15) is 0 Å². The van der Waals surface area contributed by atoms with E-state index >= 15 is 0 Å². The summed E-state index contributed by atoms with van der Waals surface area (Å²) < 4.78 is 5.83. The highest BCUT2D eigenvalue weighted by molar-refractivity contribution is 5.94. The molecule has 1 aliphatic rings. The molecule has 0 bridgehead atoms. The van der Waals surface area contributed by atoms with E-state index in [0.29, 0.717) is 18.2 Å². The molecule has 0 aliphatic carbocycles. The third kappa shape index (κ3) is 5.21. The predicted molar refractivity (Wildman–Crippen MR) is 102 cm³/mol. The minimum atomic E-state index is 0. The topological polar surface area (TPSA) is 41.6 Å². The fourth-order valence-electron chi connectivity index (χ4n) is 3.02. The lowest BCUT2D eigenvalue weighted by atomic mass is 10.0. The van der Waals surface area contributed by atoms with Crippen molar-refractivity contribution in [3.05, 3.63) is 65.7 Å². The number of halogens is 1. The average Bonchev–Trinajstić information content (AvgIpc) is 2.67. The van der Waals surface area contributed by atoms with E-state index in [1.165, 1.54) is 0 Å². The highest BCUT2D eigenvalue weighted by Gasteiger charge is 2.23. The molecule has 5 heteroatoms. The third-order valence-electron chi connectivity index (χ3n) is 4.51. The van der Waals surface area contributed by atoms with Crippen molar-refractivity contribution in [2.45, 2.75) is 25.5 Å². The molecule has 1 N–H and O–H groups in total. The maximum Gasteiger partial charge on any atom is 0.253 e. The summed E-state index contributed by atoms with van der Waals surface area (Å²) in [5, 5.41) is 3.33. The van der Waals surface area contributed by atoms with E-state index in [0.717, 1.165) is 37.2 Å². The Hall–Kier alpha value is -2.04. The lowest BCUT2D eigenvalue weighted by Gasteiger charge is -2.31. The normalized spacial score (nSPS) is 14.4. The molecule has 0 atom stereocenters. The van der Waals surface area contributed by atoms with E-state index in [-0.39, 0.29) is 18.3 Å². The van der Waals surface area contributed by atoms with Crippen molar-refractivity contribution < 1.29 is 9.53 Å². The van der Waals surface area contributed by atoms with Gasteiger partial charge in [-0.25, -0.2) is 0 Å². The maximum atomic E-state index is 12.7. The molecule has 2 aromatic rings. The Labute approximate surface area is 155 Å². The van der Waals surface area contributed by atoms with E-state index in [1.54, 1.807) is 0 Å². The first-order chi connectivity index (χ1) is 11.7. The van der Waals surface area contributed by atoms with Gasteiger partial charge in [-0.15, -0.1) is 12.4 Å². The molecule has 0 aromatic heterocycles. The molecule has 1 heterocycles. The van der Waals surface area contributed by atoms with Gasteiger partial charge in [-0.3, -0.25) is 4.79 Å². The zero-order chi connectivity index (χ0) is 16.8. The van der Waals surface area contributed by atoms with Crippen LogP contribution in [0.25, 0.3) is 0 Å². The minimum absolute atomic E-state index is 0. The quantitative estimate of drug-likeness (QED) is 0.887. The molecular formula is C20H25ClN2O2. The fourth-order valence-corrected chi connectivity index (χ4v) is 3.02. The van der Waals surface area contributed by atoms with Gasteiger partial charge < -0.3 is 15.0 Å². The number of nitrogens with zero attached hydrogens (tertiary/aromatic N) is 1. The van der Waals surface area contributed by atoms with Crippen LogP contribution in [0.4, 0.5) is 0 Å². The summed E-state index contributed by atoms with van der Waals surface area (Å²) in [6.07, 6.45) is 2.01. The lowest BCUT2D eigenvalue weighted by Crippen LogP contribution is -2.43. The standard InChI is InChI=1S/C20H24N2O2.ClH/c1-22(18-10-12-21-13-11-18)20(23)17-8-5-9-19(14-17)24-15-16-6-3-2-4-7-16;/h2-9,14,18,21H,10-13,15H2,1H3;1H. The number of amides is 1. The van der Waals surface area contributed by atoms with Crippen molar-refractivity contribution in [2.24, 2.45) is 0 Å². The monoisotopic (exact) mass is 360 g/mol. The average molecular weight is 361 g/mol. The van der Waals surface area contributed by atoms with Crippen LogP contribution in [0.5, 0.6) is 5.75 Å². The first-order valence-corrected chi connectivity index (χ1v) is 8.49. The van der Waals surface area contributed by atoms with Crippen molar-refractivity contribution in [1.29, 1.82) is 0 Å². The number of nitrogens with one attached hydrogen (secondary N) is 1. The summed E-state index contributed by atoms with van der Waals surface area (Å²) in [5.41, 5.74) is 1.79. The van der Waals surface area contributed by atoms with Gasteiger partial charge in [0, 0.05) is 18.7 Å². The van der Waals surface area contributed by atoms with Crippen LogP contribution in [-0.2, 0) is 6.61 Å². The van der Waals surface area contributed by atoms with E-state index < -0.39 is 0 Å². The van der Waals surface area contributed by atoms with Gasteiger partial charge in [0.1, 0.15) is 12.4 Å². The van der Waals surface area contributed by atoms with Crippen molar-refractivity contribution >= 4 is 18.3 Å². The molecule has 1 amide bonds. The summed E-state index contributed by atoms with van der Waals surface area (Å²) in [5.74, 6) is 0.787. The first-order valence-electron chi connectivity index (χ1n) is 8.49. The molecule has 0 spiro atoms. The number of ether oxygens (including phenoxy) is 1. The number of carbonyl (C=O) groups excluding carboxylic acids is 1. The minimum Gasteiger partial charge on any atom is -0.489 e. The van der Waals surface area contributed by atoms with Crippen LogP contribution in [0.3, 0.4) is 0 Å². The van der Waals surface area contributed by atoms with Gasteiger partial charge in [0.05, 0.1) is 0 Å². The van der Waals surface area contributed by atoms with E-state index in [2.05, 4.69) is 5.32 Å². The second kappa shape index (κ2) is 9.44. The van der Waals surface area contributed by atoms with Crippen molar-refractivity contribution in [2.75, 3.05) is 20.1 Å². The molecule has 1 aliphatic heterocycles. The van der Waals surface area contributed by atoms with Crippen molar-refractivity contribution in [3.8, 4) is 5.75 Å². The van der Waals surface area contributed by atoms with Crippen LogP contribution >= 0.6 is 12.4 Å². The molecule has 3 rings (SSSR count). The predicted octanol–water partition coefficient (Wildman–Crippen LogP) is 3.51. The van der Waals surface area contributed by atoms with E-state index in [9.17, 15) is 4.79 Å². The molecule has 2 aromatic carbocycles. The van der Waals surface area contributed by atoms with Gasteiger partial charge in [-0.05, 0) is 49.7 Å². The highest BCUT2D eigenvalue weighted by atomic mass is 35.5. The summed E-state index contributed by atoms with van der Waals surface area (Å²) >= 11 is 0. The molecule has 4 nitrogen and oxygen atoms in total. The number of piperidine rings is 1. The van der Waals surface area contributed by atoms with Gasteiger partial charge >= 0.3 is 0 Å². The van der Waals surface area contributed by atoms with Crippen LogP contribution in [0.1, 0.15) is 28.8 Å². The van der Waals surface area contributed by atoms with Gasteiger partial charge in [0.2, 0.25) is 0 Å². The Bertz CT molecular complexity index is 672. The summed E-state index contributed by atoms with van der Waals surface area (Å²) in [4.78, 5) is 14.6. The zero-order valence-electron chi connectivity index (χ0n) is 14.5. The molecule has 0 unspecified atom stereocenters. The summed E-state index contributed by atoms with van der Waals surface area (Å²) in [6, 6.07) is 17.8. The molecule has 25 heavy (non-hydrogen) atoms. The Morgan fingerprint density at radius 1 is 1.12 bits per heavy atom. The number of rotatable bonds is 5. The molecule has 1 fully saturated rings. The molecule has 134 valence electrons. The number of hydrogen-bond acceptors (Lipinski definition) is 3. The maximum absolute atomic E-state index is 12.7. The van der Waals surface area contributed by atoms with Crippen LogP contribution in [-0.4, -0.2) is 37.0 Å². The van der Waals surface area contributed by atoms with E-state index in [1.807, 2.05) is 66.5 Å². The van der Waals surface area contributed by atoms with E-state index in [4.69, 9.17) is 4.74 Å². The lowest BCUT2D eigenvalue weighted by molar-refractivity contribution is 0.0702. The van der Waals surface area contributed by atoms with Crippen molar-refractivity contribution in [1.82, 2.24) is 10.2 Å². The van der Waals surface area contributed by atoms with Gasteiger partial charge in [0.15, 0.2) is 0 Å². The zero-order valence-corrected chi connectivity index (χ0v) is 15.3. The number of hydrogen-bond donors (Lipinski definition) is 1. The number of carbonyl (C=O) groups is 1. The SMILES string of the molecule is CN(C(=O)c1cccc(OCc2ccccc2)c1)C1CCNCC1.Cl. The van der Waals surface area contributed by atoms with Crippen LogP contribution in [0.2, 0.25) is 0 Å².